The van der Waals surface area contributed by atoms with Crippen molar-refractivity contribution < 1.29 is 24.1 Å². The van der Waals surface area contributed by atoms with Gasteiger partial charge in [0.1, 0.15) is 6.10 Å². The monoisotopic (exact) mass is 384 g/mol. The van der Waals surface area contributed by atoms with Gasteiger partial charge in [-0.2, -0.15) is 0 Å². The van der Waals surface area contributed by atoms with Crippen LogP contribution in [0.5, 0.6) is 0 Å². The van der Waals surface area contributed by atoms with E-state index in [0.717, 1.165) is 19.3 Å². The molecule has 0 radical (unpaired) electrons. The van der Waals surface area contributed by atoms with Gasteiger partial charge in [0, 0.05) is 6.42 Å². The van der Waals surface area contributed by atoms with Gasteiger partial charge >= 0.3 is 5.97 Å². The third-order valence-corrected chi connectivity index (χ3v) is 5.72. The molecule has 2 aliphatic rings. The molecule has 0 spiro atoms. The Bertz CT molecular complexity index is 436. The van der Waals surface area contributed by atoms with Crippen LogP contribution in [0.25, 0.3) is 0 Å². The number of carbonyl (C=O) groups is 1. The van der Waals surface area contributed by atoms with Crippen LogP contribution in [0, 0.1) is 0 Å². The molecule has 158 valence electrons. The van der Waals surface area contributed by atoms with E-state index in [4.69, 9.17) is 14.2 Å². The Morgan fingerprint density at radius 1 is 1.00 bits per heavy atom. The summed E-state index contributed by atoms with van der Waals surface area (Å²) in [6.45, 7) is 6.17. The topological polar surface area (TPSA) is 65.0 Å². The summed E-state index contributed by atoms with van der Waals surface area (Å²) in [6.07, 6.45) is 12.9. The molecule has 27 heavy (non-hydrogen) atoms. The van der Waals surface area contributed by atoms with E-state index in [0.29, 0.717) is 19.3 Å². The molecule has 0 bridgehead atoms. The maximum Gasteiger partial charge on any atom is 0.306 e. The molecule has 0 saturated carbocycles. The van der Waals surface area contributed by atoms with Crippen molar-refractivity contribution in [3.05, 3.63) is 0 Å². The van der Waals surface area contributed by atoms with Crippen LogP contribution in [0.2, 0.25) is 0 Å². The fourth-order valence-corrected chi connectivity index (χ4v) is 4.22. The Kier molecular flexibility index (Phi) is 9.54. The predicted molar refractivity (Wildman–Crippen MR) is 105 cm³/mol. The lowest BCUT2D eigenvalue weighted by molar-refractivity contribution is -0.148. The van der Waals surface area contributed by atoms with Gasteiger partial charge in [-0.15, -0.1) is 0 Å². The highest BCUT2D eigenvalue weighted by atomic mass is 16.7. The van der Waals surface area contributed by atoms with Gasteiger partial charge < -0.3 is 19.3 Å². The van der Waals surface area contributed by atoms with Crippen LogP contribution in [-0.4, -0.2) is 41.3 Å². The highest BCUT2D eigenvalue weighted by molar-refractivity contribution is 5.71. The van der Waals surface area contributed by atoms with Crippen molar-refractivity contribution in [3.8, 4) is 0 Å². The number of hydrogen-bond donors (Lipinski definition) is 1. The fraction of sp³-hybridized carbons (Fsp3) is 0.955. The first-order valence-corrected chi connectivity index (χ1v) is 11.1. The van der Waals surface area contributed by atoms with Crippen LogP contribution < -0.4 is 0 Å². The van der Waals surface area contributed by atoms with E-state index in [-0.39, 0.29) is 24.3 Å². The van der Waals surface area contributed by atoms with Crippen LogP contribution in [-0.2, 0) is 19.0 Å². The molecule has 1 N–H and O–H groups in total. The lowest BCUT2D eigenvalue weighted by Gasteiger charge is -2.21. The second kappa shape index (κ2) is 11.4. The summed E-state index contributed by atoms with van der Waals surface area (Å²) in [5.41, 5.74) is 0. The molecule has 2 fully saturated rings. The normalized spacial score (nSPS) is 28.4. The molecular weight excluding hydrogens is 344 g/mol. The van der Waals surface area contributed by atoms with Gasteiger partial charge in [0.2, 0.25) is 0 Å². The minimum absolute atomic E-state index is 0.0105. The molecule has 2 unspecified atom stereocenters. The van der Waals surface area contributed by atoms with Gasteiger partial charge in [0.25, 0.3) is 0 Å². The zero-order chi connectivity index (χ0) is 19.7. The van der Waals surface area contributed by atoms with Gasteiger partial charge in [-0.05, 0) is 39.5 Å². The summed E-state index contributed by atoms with van der Waals surface area (Å²) >= 11 is 0. The maximum absolute atomic E-state index is 11.2. The second-order valence-corrected chi connectivity index (χ2v) is 8.69. The van der Waals surface area contributed by atoms with Gasteiger partial charge in [0.15, 0.2) is 5.79 Å². The first-order valence-electron chi connectivity index (χ1n) is 11.1. The maximum atomic E-state index is 11.2. The molecule has 0 amide bonds. The first-order chi connectivity index (χ1) is 12.9. The third kappa shape index (κ3) is 8.08. The van der Waals surface area contributed by atoms with Crippen LogP contribution >= 0.6 is 0 Å². The lowest BCUT2D eigenvalue weighted by Crippen LogP contribution is -2.29. The largest absolute Gasteiger partial charge is 0.460 e. The quantitative estimate of drug-likeness (QED) is 0.362. The number of unbranched alkanes of at least 4 members (excludes halogenated alkanes) is 7. The zero-order valence-corrected chi connectivity index (χ0v) is 17.6. The summed E-state index contributed by atoms with van der Waals surface area (Å²) < 4.78 is 17.4. The van der Waals surface area contributed by atoms with E-state index in [1.54, 1.807) is 0 Å². The van der Waals surface area contributed by atoms with E-state index < -0.39 is 11.9 Å². The van der Waals surface area contributed by atoms with Crippen molar-refractivity contribution in [2.24, 2.45) is 0 Å². The van der Waals surface area contributed by atoms with Crippen molar-refractivity contribution in [2.75, 3.05) is 0 Å². The Balaban J connectivity index is 1.65. The van der Waals surface area contributed by atoms with E-state index in [1.165, 1.54) is 44.9 Å². The van der Waals surface area contributed by atoms with Crippen LogP contribution in [0.4, 0.5) is 0 Å². The average molecular weight is 385 g/mol. The molecule has 0 aromatic carbocycles. The van der Waals surface area contributed by atoms with Gasteiger partial charge in [-0.25, -0.2) is 0 Å². The minimum atomic E-state index is -0.604. The highest BCUT2D eigenvalue weighted by Gasteiger charge is 2.41. The zero-order valence-electron chi connectivity index (χ0n) is 17.6. The molecule has 0 aliphatic carbocycles. The fourth-order valence-electron chi connectivity index (χ4n) is 4.22. The summed E-state index contributed by atoms with van der Waals surface area (Å²) in [4.78, 5) is 11.2. The Morgan fingerprint density at radius 2 is 1.59 bits per heavy atom. The summed E-state index contributed by atoms with van der Waals surface area (Å²) in [6, 6.07) is 0. The second-order valence-electron chi connectivity index (χ2n) is 8.69. The number of cyclic esters (lactones) is 1. The van der Waals surface area contributed by atoms with E-state index in [2.05, 4.69) is 6.92 Å². The molecule has 0 aromatic rings. The van der Waals surface area contributed by atoms with Crippen molar-refractivity contribution >= 4 is 5.97 Å². The van der Waals surface area contributed by atoms with Gasteiger partial charge in [0.05, 0.1) is 18.3 Å². The lowest BCUT2D eigenvalue weighted by atomic mass is 9.98. The number of aliphatic hydroxyl groups is 1. The van der Waals surface area contributed by atoms with Gasteiger partial charge in [-0.1, -0.05) is 58.3 Å². The van der Waals surface area contributed by atoms with Crippen LogP contribution in [0.1, 0.15) is 104 Å². The first kappa shape index (κ1) is 22.6. The smallest absolute Gasteiger partial charge is 0.306 e. The predicted octanol–water partition coefficient (Wildman–Crippen LogP) is 4.88. The number of rotatable bonds is 13. The Morgan fingerprint density at radius 3 is 2.19 bits per heavy atom. The molecule has 2 heterocycles. The molecule has 2 aliphatic heterocycles. The minimum Gasteiger partial charge on any atom is -0.460 e. The van der Waals surface area contributed by atoms with Crippen molar-refractivity contribution in [3.63, 3.8) is 0 Å². The summed E-state index contributed by atoms with van der Waals surface area (Å²) in [7, 11) is 0. The number of carbonyl (C=O) groups excluding carboxylic acids is 1. The van der Waals surface area contributed by atoms with E-state index >= 15 is 0 Å². The summed E-state index contributed by atoms with van der Waals surface area (Å²) in [5.74, 6) is -0.756. The molecule has 2 rings (SSSR count). The molecule has 0 aromatic heterocycles. The van der Waals surface area contributed by atoms with Crippen molar-refractivity contribution in [1.29, 1.82) is 0 Å². The Labute approximate surface area is 165 Å². The summed E-state index contributed by atoms with van der Waals surface area (Å²) in [5, 5.41) is 10.3. The average Bonchev–Trinajstić information content (AvgIpc) is 3.17. The molecular formula is C22H40O5. The van der Waals surface area contributed by atoms with Crippen LogP contribution in [0.15, 0.2) is 0 Å². The van der Waals surface area contributed by atoms with Crippen molar-refractivity contribution in [2.45, 2.75) is 134 Å². The SMILES string of the molecule is CCCCCCCCCCC1OC(C)(C)O[C@H]1CCC(O)[C@H]1CCC(=O)O1. The standard InChI is InChI=1S/C22H40O5/c1-4-5-6-7-8-9-10-11-12-19-20(27-22(2,3)26-19)14-13-17(23)18-15-16-21(24)25-18/h17-20,23H,4-16H2,1-3H3/t17?,18-,19?,20+/m1/s1. The molecule has 5 nitrogen and oxygen atoms in total. The van der Waals surface area contributed by atoms with E-state index in [1.807, 2.05) is 13.8 Å². The molecule has 5 heteroatoms. The number of aliphatic hydroxyl groups excluding tert-OH is 1. The van der Waals surface area contributed by atoms with Gasteiger partial charge in [-0.3, -0.25) is 4.79 Å². The number of ether oxygens (including phenoxy) is 3. The van der Waals surface area contributed by atoms with Crippen LogP contribution in [0.3, 0.4) is 0 Å². The Hall–Kier alpha value is -0.650. The van der Waals surface area contributed by atoms with E-state index in [9.17, 15) is 9.90 Å². The number of esters is 1. The molecule has 4 atom stereocenters. The highest BCUT2D eigenvalue weighted by Crippen LogP contribution is 2.34. The molecule has 2 saturated heterocycles. The third-order valence-electron chi connectivity index (χ3n) is 5.72. The number of hydrogen-bond acceptors (Lipinski definition) is 5. The van der Waals surface area contributed by atoms with Crippen molar-refractivity contribution in [1.82, 2.24) is 0 Å².